The Hall–Kier alpha value is -2.49. The Labute approximate surface area is 147 Å². The van der Waals surface area contributed by atoms with Crippen LogP contribution in [0.4, 0.5) is 0 Å². The highest BCUT2D eigenvalue weighted by atomic mass is 16.4. The van der Waals surface area contributed by atoms with Gasteiger partial charge in [-0.05, 0) is 31.4 Å². The minimum Gasteiger partial charge on any atom is -0.481 e. The molecule has 2 heterocycles. The molecular weight excluding hydrogens is 312 g/mol. The molecular formula is C21H24N2O2. The number of fused-ring (bicyclic) bond motifs is 3. The number of aromatic nitrogens is 2. The van der Waals surface area contributed by atoms with Gasteiger partial charge in [-0.15, -0.1) is 0 Å². The van der Waals surface area contributed by atoms with Gasteiger partial charge >= 0.3 is 5.97 Å². The predicted octanol–water partition coefficient (Wildman–Crippen LogP) is 5.14. The van der Waals surface area contributed by atoms with Crippen LogP contribution < -0.4 is 0 Å². The molecule has 0 unspecified atom stereocenters. The molecule has 0 aliphatic carbocycles. The quantitative estimate of drug-likeness (QED) is 0.434. The van der Waals surface area contributed by atoms with Crippen LogP contribution in [0.25, 0.3) is 21.8 Å². The highest BCUT2D eigenvalue weighted by Crippen LogP contribution is 2.22. The van der Waals surface area contributed by atoms with E-state index in [0.29, 0.717) is 6.42 Å². The molecule has 0 saturated heterocycles. The lowest BCUT2D eigenvalue weighted by atomic mass is 10.1. The molecule has 3 aromatic rings. The van der Waals surface area contributed by atoms with E-state index < -0.39 is 5.97 Å². The molecule has 0 atom stereocenters. The predicted molar refractivity (Wildman–Crippen MR) is 101 cm³/mol. The lowest BCUT2D eigenvalue weighted by Gasteiger charge is -2.06. The van der Waals surface area contributed by atoms with E-state index >= 15 is 0 Å². The molecule has 0 amide bonds. The van der Waals surface area contributed by atoms with E-state index in [1.807, 2.05) is 12.3 Å². The number of hydrogen-bond acceptors (Lipinski definition) is 3. The standard InChI is InChI=1S/C21H24N2O2/c24-19(25)10-6-4-2-1-3-5-9-18-14-13-17-12-11-16-8-7-15-22-20(16)21(17)23-18/h7-8,11-15H,1-6,9-10H2,(H,24,25). The summed E-state index contributed by atoms with van der Waals surface area (Å²) in [6, 6.07) is 12.5. The van der Waals surface area contributed by atoms with Gasteiger partial charge in [-0.2, -0.15) is 0 Å². The lowest BCUT2D eigenvalue weighted by Crippen LogP contribution is -1.94. The average molecular weight is 336 g/mol. The molecule has 25 heavy (non-hydrogen) atoms. The molecule has 1 aromatic carbocycles. The molecule has 4 nitrogen and oxygen atoms in total. The van der Waals surface area contributed by atoms with Crippen molar-refractivity contribution < 1.29 is 9.90 Å². The first-order valence-electron chi connectivity index (χ1n) is 9.09. The van der Waals surface area contributed by atoms with Gasteiger partial charge in [0.05, 0.1) is 11.0 Å². The second-order valence-electron chi connectivity index (χ2n) is 6.53. The van der Waals surface area contributed by atoms with Gasteiger partial charge < -0.3 is 5.11 Å². The zero-order valence-corrected chi connectivity index (χ0v) is 14.4. The number of unbranched alkanes of at least 4 members (excludes halogenated alkanes) is 5. The van der Waals surface area contributed by atoms with Crippen LogP contribution in [-0.2, 0) is 11.2 Å². The first-order valence-corrected chi connectivity index (χ1v) is 9.09. The molecule has 2 aromatic heterocycles. The largest absolute Gasteiger partial charge is 0.481 e. The number of carboxylic acid groups (broad SMARTS) is 1. The molecule has 130 valence electrons. The van der Waals surface area contributed by atoms with Crippen molar-refractivity contribution in [2.45, 2.75) is 51.4 Å². The van der Waals surface area contributed by atoms with Crippen LogP contribution in [0.15, 0.2) is 42.6 Å². The average Bonchev–Trinajstić information content (AvgIpc) is 2.63. The number of carbonyl (C=O) groups is 1. The number of rotatable bonds is 9. The lowest BCUT2D eigenvalue weighted by molar-refractivity contribution is -0.137. The minimum atomic E-state index is -0.690. The fourth-order valence-electron chi connectivity index (χ4n) is 3.19. The van der Waals surface area contributed by atoms with Crippen LogP contribution in [0, 0.1) is 0 Å². The summed E-state index contributed by atoms with van der Waals surface area (Å²) in [6.07, 6.45) is 9.47. The fourth-order valence-corrected chi connectivity index (χ4v) is 3.19. The van der Waals surface area contributed by atoms with Gasteiger partial charge in [0.15, 0.2) is 0 Å². The van der Waals surface area contributed by atoms with Gasteiger partial charge in [0, 0.05) is 29.1 Å². The first kappa shape index (κ1) is 17.3. The van der Waals surface area contributed by atoms with E-state index in [4.69, 9.17) is 10.1 Å². The van der Waals surface area contributed by atoms with Crippen LogP contribution in [0.3, 0.4) is 0 Å². The number of carboxylic acids is 1. The Kier molecular flexibility index (Phi) is 5.94. The summed E-state index contributed by atoms with van der Waals surface area (Å²) < 4.78 is 0. The van der Waals surface area contributed by atoms with Crippen molar-refractivity contribution in [1.29, 1.82) is 0 Å². The van der Waals surface area contributed by atoms with Crippen LogP contribution in [0.5, 0.6) is 0 Å². The summed E-state index contributed by atoms with van der Waals surface area (Å²) in [5.74, 6) is -0.690. The highest BCUT2D eigenvalue weighted by Gasteiger charge is 2.04. The Morgan fingerprint density at radius 1 is 0.840 bits per heavy atom. The Bertz CT molecular complexity index is 861. The first-order chi connectivity index (χ1) is 12.2. The second kappa shape index (κ2) is 8.56. The van der Waals surface area contributed by atoms with Crippen LogP contribution in [-0.4, -0.2) is 21.0 Å². The van der Waals surface area contributed by atoms with E-state index in [9.17, 15) is 4.79 Å². The number of hydrogen-bond donors (Lipinski definition) is 1. The molecule has 0 spiro atoms. The fraction of sp³-hybridized carbons (Fsp3) is 0.381. The van der Waals surface area contributed by atoms with E-state index in [2.05, 4.69) is 35.3 Å². The molecule has 0 aliphatic heterocycles. The topological polar surface area (TPSA) is 63.1 Å². The SMILES string of the molecule is O=C(O)CCCCCCCCc1ccc2ccc3cccnc3c2n1. The molecule has 0 radical (unpaired) electrons. The van der Waals surface area contributed by atoms with Crippen molar-refractivity contribution in [3.63, 3.8) is 0 Å². The third-order valence-corrected chi connectivity index (χ3v) is 4.56. The van der Waals surface area contributed by atoms with Gasteiger partial charge in [-0.1, -0.05) is 49.9 Å². The smallest absolute Gasteiger partial charge is 0.303 e. The highest BCUT2D eigenvalue weighted by molar-refractivity contribution is 6.02. The monoisotopic (exact) mass is 336 g/mol. The molecule has 0 saturated carbocycles. The number of pyridine rings is 2. The molecule has 1 N–H and O–H groups in total. The van der Waals surface area contributed by atoms with Gasteiger partial charge in [0.2, 0.25) is 0 Å². The zero-order valence-electron chi connectivity index (χ0n) is 14.4. The summed E-state index contributed by atoms with van der Waals surface area (Å²) in [5, 5.41) is 10.9. The number of aryl methyl sites for hydroxylation is 1. The summed E-state index contributed by atoms with van der Waals surface area (Å²) >= 11 is 0. The Morgan fingerprint density at radius 2 is 1.52 bits per heavy atom. The van der Waals surface area contributed by atoms with E-state index in [0.717, 1.165) is 66.0 Å². The summed E-state index contributed by atoms with van der Waals surface area (Å²) in [6.45, 7) is 0. The maximum atomic E-state index is 10.5. The molecule has 0 aliphatic rings. The van der Waals surface area contributed by atoms with Crippen LogP contribution in [0.1, 0.15) is 50.6 Å². The molecule has 4 heteroatoms. The maximum Gasteiger partial charge on any atom is 0.303 e. The normalized spacial score (nSPS) is 11.2. The van der Waals surface area contributed by atoms with Gasteiger partial charge in [0.25, 0.3) is 0 Å². The minimum absolute atomic E-state index is 0.295. The molecule has 0 bridgehead atoms. The Morgan fingerprint density at radius 3 is 2.32 bits per heavy atom. The van der Waals surface area contributed by atoms with Crippen molar-refractivity contribution >= 4 is 27.8 Å². The van der Waals surface area contributed by atoms with E-state index in [1.54, 1.807) is 0 Å². The van der Waals surface area contributed by atoms with E-state index in [-0.39, 0.29) is 0 Å². The van der Waals surface area contributed by atoms with Crippen molar-refractivity contribution in [2.75, 3.05) is 0 Å². The van der Waals surface area contributed by atoms with Gasteiger partial charge in [-0.3, -0.25) is 14.8 Å². The summed E-state index contributed by atoms with van der Waals surface area (Å²) in [7, 11) is 0. The van der Waals surface area contributed by atoms with Gasteiger partial charge in [0.1, 0.15) is 0 Å². The zero-order chi connectivity index (χ0) is 17.5. The summed E-state index contributed by atoms with van der Waals surface area (Å²) in [4.78, 5) is 19.8. The second-order valence-corrected chi connectivity index (χ2v) is 6.53. The summed E-state index contributed by atoms with van der Waals surface area (Å²) in [5.41, 5.74) is 3.08. The number of nitrogens with zero attached hydrogens (tertiary/aromatic N) is 2. The number of benzene rings is 1. The molecule has 3 rings (SSSR count). The van der Waals surface area contributed by atoms with Crippen LogP contribution >= 0.6 is 0 Å². The van der Waals surface area contributed by atoms with Crippen LogP contribution in [0.2, 0.25) is 0 Å². The maximum absolute atomic E-state index is 10.5. The van der Waals surface area contributed by atoms with E-state index in [1.165, 1.54) is 6.42 Å². The number of aliphatic carboxylic acids is 1. The third kappa shape index (κ3) is 4.75. The third-order valence-electron chi connectivity index (χ3n) is 4.56. The van der Waals surface area contributed by atoms with Crippen molar-refractivity contribution in [2.24, 2.45) is 0 Å². The molecule has 0 fully saturated rings. The Balaban J connectivity index is 1.52. The van der Waals surface area contributed by atoms with Crippen molar-refractivity contribution in [3.8, 4) is 0 Å². The van der Waals surface area contributed by atoms with Gasteiger partial charge in [-0.25, -0.2) is 0 Å². The van der Waals surface area contributed by atoms with Crippen molar-refractivity contribution in [1.82, 2.24) is 9.97 Å². The van der Waals surface area contributed by atoms with Crippen molar-refractivity contribution in [3.05, 3.63) is 48.3 Å².